The molecule has 2 atom stereocenters. The lowest BCUT2D eigenvalue weighted by Gasteiger charge is -2.37. The van der Waals surface area contributed by atoms with E-state index in [2.05, 4.69) is 62.2 Å². The Morgan fingerprint density at radius 1 is 0.956 bits per heavy atom. The van der Waals surface area contributed by atoms with Crippen LogP contribution in [0.25, 0.3) is 22.2 Å². The third-order valence-electron chi connectivity index (χ3n) is 9.29. The molecule has 5 rings (SSSR count). The van der Waals surface area contributed by atoms with Crippen LogP contribution in [0.3, 0.4) is 0 Å². The molecule has 0 saturated carbocycles. The predicted molar refractivity (Wildman–Crippen MR) is 171 cm³/mol. The number of hydrogen-bond acceptors (Lipinski definition) is 3. The average Bonchev–Trinajstić information content (AvgIpc) is 3.30. The standard InChI is InChI=1S/C36H42F4N4O/c1-23(2)30(35(45)42-32-16-14-28(21-31(32)37)36(38,39)40)22-29(44-18-6-5-7-19-44)15-10-25-8-11-26(12-9-25)27-13-17-34-33(20-27)41-24(3)43(34)4/h8-9,11-14,16-17,20-21,23,29-30H,5-7,10,15,18-19,22H2,1-4H3,(H,42,45)/t29-,30?/m0/s1. The van der Waals surface area contributed by atoms with Crippen molar-refractivity contribution >= 4 is 22.6 Å². The van der Waals surface area contributed by atoms with E-state index >= 15 is 0 Å². The van der Waals surface area contributed by atoms with Gasteiger partial charge in [0.05, 0.1) is 22.3 Å². The number of fused-ring (bicyclic) bond motifs is 1. The highest BCUT2D eigenvalue weighted by Gasteiger charge is 2.33. The maximum absolute atomic E-state index is 14.6. The minimum absolute atomic E-state index is 0.0330. The summed E-state index contributed by atoms with van der Waals surface area (Å²) in [6, 6.07) is 17.3. The fourth-order valence-corrected chi connectivity index (χ4v) is 6.42. The number of alkyl halides is 3. The molecule has 0 radical (unpaired) electrons. The van der Waals surface area contributed by atoms with E-state index in [0.29, 0.717) is 12.5 Å². The van der Waals surface area contributed by atoms with Gasteiger partial charge in [0.25, 0.3) is 0 Å². The van der Waals surface area contributed by atoms with E-state index in [1.165, 1.54) is 12.0 Å². The molecule has 0 aliphatic carbocycles. The molecule has 1 aliphatic rings. The van der Waals surface area contributed by atoms with Crippen molar-refractivity contribution in [3.63, 3.8) is 0 Å². The molecular formula is C36H42F4N4O. The van der Waals surface area contributed by atoms with Gasteiger partial charge in [0.2, 0.25) is 5.91 Å². The number of aromatic nitrogens is 2. The van der Waals surface area contributed by atoms with Crippen LogP contribution in [-0.2, 0) is 24.4 Å². The minimum Gasteiger partial charge on any atom is -0.331 e. The minimum atomic E-state index is -4.65. The fraction of sp³-hybridized carbons (Fsp3) is 0.444. The molecule has 1 unspecified atom stereocenters. The van der Waals surface area contributed by atoms with Gasteiger partial charge in [0, 0.05) is 19.0 Å². The summed E-state index contributed by atoms with van der Waals surface area (Å²) in [5, 5.41) is 2.58. The van der Waals surface area contributed by atoms with Crippen LogP contribution in [0, 0.1) is 24.6 Å². The molecule has 4 aromatic rings. The average molecular weight is 623 g/mol. The lowest BCUT2D eigenvalue weighted by atomic mass is 9.85. The van der Waals surface area contributed by atoms with Crippen LogP contribution >= 0.6 is 0 Å². The first-order chi connectivity index (χ1) is 21.4. The van der Waals surface area contributed by atoms with Crippen LogP contribution in [0.5, 0.6) is 0 Å². The van der Waals surface area contributed by atoms with Gasteiger partial charge in [-0.1, -0.05) is 50.6 Å². The van der Waals surface area contributed by atoms with Gasteiger partial charge in [-0.15, -0.1) is 0 Å². The van der Waals surface area contributed by atoms with Gasteiger partial charge in [-0.25, -0.2) is 9.37 Å². The smallest absolute Gasteiger partial charge is 0.331 e. The predicted octanol–water partition coefficient (Wildman–Crippen LogP) is 8.79. The van der Waals surface area contributed by atoms with Crippen LogP contribution in [0.1, 0.15) is 62.9 Å². The molecular weight excluding hydrogens is 580 g/mol. The van der Waals surface area contributed by atoms with Crippen LogP contribution in [0.4, 0.5) is 23.2 Å². The van der Waals surface area contributed by atoms with Gasteiger partial charge in [-0.3, -0.25) is 4.79 Å². The second kappa shape index (κ2) is 13.7. The summed E-state index contributed by atoms with van der Waals surface area (Å²) in [6.45, 7) is 7.87. The van der Waals surface area contributed by atoms with E-state index in [1.54, 1.807) is 0 Å². The number of hydrogen-bond donors (Lipinski definition) is 1. The summed E-state index contributed by atoms with van der Waals surface area (Å²) < 4.78 is 55.7. The number of halogens is 4. The zero-order valence-electron chi connectivity index (χ0n) is 26.4. The number of aryl methyl sites for hydroxylation is 3. The molecule has 1 amide bonds. The summed E-state index contributed by atoms with van der Waals surface area (Å²) in [5.74, 6) is -0.938. The Morgan fingerprint density at radius 2 is 1.64 bits per heavy atom. The van der Waals surface area contributed by atoms with E-state index < -0.39 is 23.5 Å². The quantitative estimate of drug-likeness (QED) is 0.180. The Labute approximate surface area is 262 Å². The zero-order chi connectivity index (χ0) is 32.3. The summed E-state index contributed by atoms with van der Waals surface area (Å²) in [7, 11) is 2.02. The summed E-state index contributed by atoms with van der Waals surface area (Å²) in [5.41, 5.74) is 4.23. The molecule has 1 N–H and O–H groups in total. The van der Waals surface area contributed by atoms with E-state index in [1.807, 2.05) is 27.8 Å². The number of imidazole rings is 1. The van der Waals surface area contributed by atoms with Crippen LogP contribution in [-0.4, -0.2) is 39.5 Å². The van der Waals surface area contributed by atoms with Crippen molar-refractivity contribution in [2.45, 2.75) is 71.5 Å². The lowest BCUT2D eigenvalue weighted by molar-refractivity contribution is -0.137. The number of nitrogens with one attached hydrogen (secondary N) is 1. The number of benzene rings is 3. The van der Waals surface area contributed by atoms with Crippen molar-refractivity contribution in [1.29, 1.82) is 0 Å². The number of carbonyl (C=O) groups is 1. The lowest BCUT2D eigenvalue weighted by Crippen LogP contribution is -2.43. The van der Waals surface area contributed by atoms with Crippen molar-refractivity contribution in [2.75, 3.05) is 18.4 Å². The highest BCUT2D eigenvalue weighted by molar-refractivity contribution is 5.93. The number of nitrogens with zero attached hydrogens (tertiary/aromatic N) is 3. The van der Waals surface area contributed by atoms with Crippen molar-refractivity contribution in [3.05, 3.63) is 83.4 Å². The van der Waals surface area contributed by atoms with Gasteiger partial charge in [-0.2, -0.15) is 13.2 Å². The summed E-state index contributed by atoms with van der Waals surface area (Å²) in [4.78, 5) is 20.6. The van der Waals surface area contributed by atoms with E-state index in [4.69, 9.17) is 0 Å². The second-order valence-corrected chi connectivity index (χ2v) is 12.7. The summed E-state index contributed by atoms with van der Waals surface area (Å²) >= 11 is 0. The van der Waals surface area contributed by atoms with Gasteiger partial charge < -0.3 is 14.8 Å². The first-order valence-electron chi connectivity index (χ1n) is 15.8. The number of anilines is 1. The molecule has 3 aromatic carbocycles. The van der Waals surface area contributed by atoms with Crippen LogP contribution < -0.4 is 5.32 Å². The van der Waals surface area contributed by atoms with Crippen molar-refractivity contribution < 1.29 is 22.4 Å². The Balaban J connectivity index is 1.28. The van der Waals surface area contributed by atoms with Crippen LogP contribution in [0.2, 0.25) is 0 Å². The Morgan fingerprint density at radius 3 is 2.29 bits per heavy atom. The van der Waals surface area contributed by atoms with Crippen molar-refractivity contribution in [1.82, 2.24) is 14.5 Å². The molecule has 45 heavy (non-hydrogen) atoms. The molecule has 1 aromatic heterocycles. The normalized spacial score (nSPS) is 15.8. The third-order valence-corrected chi connectivity index (χ3v) is 9.29. The van der Waals surface area contributed by atoms with Crippen molar-refractivity contribution in [3.8, 4) is 11.1 Å². The third kappa shape index (κ3) is 7.75. The molecule has 5 nitrogen and oxygen atoms in total. The highest BCUT2D eigenvalue weighted by atomic mass is 19.4. The van der Waals surface area contributed by atoms with Crippen molar-refractivity contribution in [2.24, 2.45) is 18.9 Å². The molecule has 0 bridgehead atoms. The van der Waals surface area contributed by atoms with Gasteiger partial charge in [0.15, 0.2) is 0 Å². The molecule has 9 heteroatoms. The van der Waals surface area contributed by atoms with E-state index in [0.717, 1.165) is 78.9 Å². The van der Waals surface area contributed by atoms with Crippen LogP contribution in [0.15, 0.2) is 60.7 Å². The molecule has 1 aliphatic heterocycles. The largest absolute Gasteiger partial charge is 0.416 e. The van der Waals surface area contributed by atoms with Gasteiger partial charge in [0.1, 0.15) is 11.6 Å². The summed E-state index contributed by atoms with van der Waals surface area (Å²) in [6.07, 6.45) is 1.06. The highest BCUT2D eigenvalue weighted by Crippen LogP contribution is 2.33. The van der Waals surface area contributed by atoms with E-state index in [-0.39, 0.29) is 23.6 Å². The van der Waals surface area contributed by atoms with Gasteiger partial charge >= 0.3 is 6.18 Å². The van der Waals surface area contributed by atoms with Gasteiger partial charge in [-0.05, 0) is 105 Å². The molecule has 2 heterocycles. The molecule has 1 fully saturated rings. The number of rotatable bonds is 10. The first-order valence-corrected chi connectivity index (χ1v) is 15.8. The van der Waals surface area contributed by atoms with E-state index in [9.17, 15) is 22.4 Å². The zero-order valence-corrected chi connectivity index (χ0v) is 26.4. The SMILES string of the molecule is Cc1nc2cc(-c3ccc(CC[C@@H](CC(C(=O)Nc4ccc(C(F)(F)F)cc4F)C(C)C)N4CCCCC4)cc3)ccc2n1C. The second-order valence-electron chi connectivity index (χ2n) is 12.7. The molecule has 240 valence electrons. The Bertz CT molecular complexity index is 1620. The Kier molecular flexibility index (Phi) is 9.97. The fourth-order valence-electron chi connectivity index (χ4n) is 6.42. The monoisotopic (exact) mass is 622 g/mol. The number of likely N-dealkylation sites (tertiary alicyclic amines) is 1. The maximum Gasteiger partial charge on any atom is 0.416 e. The number of amides is 1. The number of carbonyl (C=O) groups excluding carboxylic acids is 1. The number of piperidine rings is 1. The topological polar surface area (TPSA) is 50.2 Å². The molecule has 1 saturated heterocycles. The Hall–Kier alpha value is -3.72. The maximum atomic E-state index is 14.6. The molecule has 0 spiro atoms. The first kappa shape index (κ1) is 32.7.